The molecule has 9 heteroatoms. The molecular weight excluding hydrogens is 348 g/mol. The summed E-state index contributed by atoms with van der Waals surface area (Å²) >= 11 is 5.85. The van der Waals surface area contributed by atoms with Crippen molar-refractivity contribution in [3.05, 3.63) is 50.2 Å². The molecule has 1 aliphatic heterocycles. The predicted molar refractivity (Wildman–Crippen MR) is 93.1 cm³/mol. The lowest BCUT2D eigenvalue weighted by atomic mass is 9.94. The maximum absolute atomic E-state index is 12.9. The summed E-state index contributed by atoms with van der Waals surface area (Å²) in [5.74, 6) is -0.238. The Morgan fingerprint density at radius 3 is 2.56 bits per heavy atom. The Balaban J connectivity index is 2.55. The van der Waals surface area contributed by atoms with Crippen LogP contribution < -0.4 is 10.6 Å². The highest BCUT2D eigenvalue weighted by Gasteiger charge is 2.33. The molecule has 2 rings (SSSR count). The zero-order chi connectivity index (χ0) is 18.7. The first-order valence-electron chi connectivity index (χ1n) is 7.81. The lowest BCUT2D eigenvalue weighted by Crippen LogP contribution is -2.47. The summed E-state index contributed by atoms with van der Waals surface area (Å²) in [5.41, 5.74) is 0.906. The minimum atomic E-state index is -0.794. The van der Waals surface area contributed by atoms with Crippen LogP contribution in [-0.4, -0.2) is 34.9 Å². The molecule has 1 aromatic carbocycles. The highest BCUT2D eigenvalue weighted by Crippen LogP contribution is 2.33. The summed E-state index contributed by atoms with van der Waals surface area (Å²) in [6.45, 7) is 6.36. The van der Waals surface area contributed by atoms with E-state index >= 15 is 0 Å². The Bertz CT molecular complexity index is 759. The van der Waals surface area contributed by atoms with Gasteiger partial charge in [0.2, 0.25) is 0 Å². The van der Waals surface area contributed by atoms with Gasteiger partial charge in [0, 0.05) is 24.9 Å². The monoisotopic (exact) mass is 366 g/mol. The Kier molecular flexibility index (Phi) is 5.63. The molecule has 1 aliphatic rings. The van der Waals surface area contributed by atoms with Crippen molar-refractivity contribution in [2.45, 2.75) is 26.8 Å². The minimum Gasteiger partial charge on any atom is -0.339 e. The standard InChI is InChI=1S/C16H19ClN4O4/c1-4-20(5-2)15(22)13-9(3)18-16(23)19-14(13)10-6-7-11(17)12(8-10)21(24)25/h6-8,14H,4-5H2,1-3H3,(H2,18,19,23)/t14-/m0/s1. The number of nitrogens with zero attached hydrogens (tertiary/aromatic N) is 2. The van der Waals surface area contributed by atoms with Gasteiger partial charge in [-0.05, 0) is 32.4 Å². The summed E-state index contributed by atoms with van der Waals surface area (Å²) in [5, 5.41) is 16.4. The molecule has 0 aromatic heterocycles. The van der Waals surface area contributed by atoms with Gasteiger partial charge in [-0.2, -0.15) is 0 Å². The van der Waals surface area contributed by atoms with Crippen molar-refractivity contribution >= 4 is 29.2 Å². The van der Waals surface area contributed by atoms with Crippen LogP contribution in [0.5, 0.6) is 0 Å². The molecule has 1 heterocycles. The number of allylic oxidation sites excluding steroid dienone is 1. The number of amides is 3. The van der Waals surface area contributed by atoms with Gasteiger partial charge in [-0.25, -0.2) is 4.79 Å². The first-order valence-corrected chi connectivity index (χ1v) is 8.19. The molecule has 134 valence electrons. The highest BCUT2D eigenvalue weighted by molar-refractivity contribution is 6.32. The van der Waals surface area contributed by atoms with Gasteiger partial charge in [-0.15, -0.1) is 0 Å². The van der Waals surface area contributed by atoms with Gasteiger partial charge < -0.3 is 15.5 Å². The number of carbonyl (C=O) groups is 2. The molecule has 0 radical (unpaired) electrons. The third-order valence-corrected chi connectivity index (χ3v) is 4.37. The quantitative estimate of drug-likeness (QED) is 0.617. The molecule has 1 atom stereocenters. The molecular formula is C16H19ClN4O4. The van der Waals surface area contributed by atoms with E-state index in [9.17, 15) is 19.7 Å². The van der Waals surface area contributed by atoms with Gasteiger partial charge in [0.25, 0.3) is 11.6 Å². The fourth-order valence-electron chi connectivity index (χ4n) is 2.76. The fraction of sp³-hybridized carbons (Fsp3) is 0.375. The number of likely N-dealkylation sites (N-methyl/N-ethyl adjacent to an activating group) is 1. The number of hydrogen-bond donors (Lipinski definition) is 2. The summed E-state index contributed by atoms with van der Waals surface area (Å²) in [4.78, 5) is 36.9. The van der Waals surface area contributed by atoms with Gasteiger partial charge in [-0.3, -0.25) is 14.9 Å². The van der Waals surface area contributed by atoms with E-state index in [0.29, 0.717) is 29.9 Å². The van der Waals surface area contributed by atoms with E-state index in [1.807, 2.05) is 13.8 Å². The second kappa shape index (κ2) is 7.52. The van der Waals surface area contributed by atoms with Gasteiger partial charge >= 0.3 is 6.03 Å². The number of hydrogen-bond acceptors (Lipinski definition) is 4. The molecule has 1 aromatic rings. The van der Waals surface area contributed by atoms with Crippen LogP contribution in [0, 0.1) is 10.1 Å². The number of urea groups is 1. The van der Waals surface area contributed by atoms with Gasteiger partial charge in [0.15, 0.2) is 0 Å². The predicted octanol–water partition coefficient (Wildman–Crippen LogP) is 2.74. The Hall–Kier alpha value is -2.61. The third-order valence-electron chi connectivity index (χ3n) is 4.05. The topological polar surface area (TPSA) is 105 Å². The van der Waals surface area contributed by atoms with Crippen LogP contribution in [0.1, 0.15) is 32.4 Å². The van der Waals surface area contributed by atoms with Crippen LogP contribution in [0.15, 0.2) is 29.5 Å². The van der Waals surface area contributed by atoms with Gasteiger partial charge in [0.1, 0.15) is 5.02 Å². The normalized spacial score (nSPS) is 17.0. The first kappa shape index (κ1) is 18.7. The minimum absolute atomic E-state index is 0.00803. The summed E-state index contributed by atoms with van der Waals surface area (Å²) < 4.78 is 0. The van der Waals surface area contributed by atoms with Crippen molar-refractivity contribution in [2.75, 3.05) is 13.1 Å². The number of benzene rings is 1. The van der Waals surface area contributed by atoms with E-state index in [1.165, 1.54) is 12.1 Å². The Morgan fingerprint density at radius 2 is 2.00 bits per heavy atom. The maximum Gasteiger partial charge on any atom is 0.319 e. The number of carbonyl (C=O) groups excluding carboxylic acids is 2. The number of nitro groups is 1. The Labute approximate surface area is 150 Å². The smallest absolute Gasteiger partial charge is 0.319 e. The molecule has 0 saturated heterocycles. The van der Waals surface area contributed by atoms with Crippen LogP contribution in [0.2, 0.25) is 5.02 Å². The van der Waals surface area contributed by atoms with Crippen LogP contribution >= 0.6 is 11.6 Å². The van der Waals surface area contributed by atoms with Crippen molar-refractivity contribution < 1.29 is 14.5 Å². The van der Waals surface area contributed by atoms with Gasteiger partial charge in [-0.1, -0.05) is 17.7 Å². The molecule has 3 amide bonds. The summed E-state index contributed by atoms with van der Waals surface area (Å²) in [7, 11) is 0. The molecule has 0 spiro atoms. The molecule has 0 unspecified atom stereocenters. The lowest BCUT2D eigenvalue weighted by Gasteiger charge is -2.31. The van der Waals surface area contributed by atoms with Crippen LogP contribution in [0.4, 0.5) is 10.5 Å². The number of nitro benzene ring substituents is 1. The van der Waals surface area contributed by atoms with Crippen molar-refractivity contribution in [3.63, 3.8) is 0 Å². The van der Waals surface area contributed by atoms with Crippen LogP contribution in [0.25, 0.3) is 0 Å². The number of halogens is 1. The average molecular weight is 367 g/mol. The van der Waals surface area contributed by atoms with Crippen molar-refractivity contribution in [1.29, 1.82) is 0 Å². The second-order valence-corrected chi connectivity index (χ2v) is 5.92. The summed E-state index contributed by atoms with van der Waals surface area (Å²) in [6.07, 6.45) is 0. The zero-order valence-electron chi connectivity index (χ0n) is 14.1. The summed E-state index contributed by atoms with van der Waals surface area (Å²) in [6, 6.07) is 2.96. The SMILES string of the molecule is CCN(CC)C(=O)C1=C(C)NC(=O)N[C@H]1c1ccc(Cl)c([N+](=O)[O-])c1. The van der Waals surface area contributed by atoms with Crippen molar-refractivity contribution in [1.82, 2.24) is 15.5 Å². The molecule has 0 fully saturated rings. The fourth-order valence-corrected chi connectivity index (χ4v) is 2.94. The van der Waals surface area contributed by atoms with E-state index in [2.05, 4.69) is 10.6 Å². The van der Waals surface area contributed by atoms with Crippen LogP contribution in [-0.2, 0) is 4.79 Å². The number of rotatable bonds is 5. The van der Waals surface area contributed by atoms with Crippen molar-refractivity contribution in [2.24, 2.45) is 0 Å². The second-order valence-electron chi connectivity index (χ2n) is 5.52. The largest absolute Gasteiger partial charge is 0.339 e. The highest BCUT2D eigenvalue weighted by atomic mass is 35.5. The van der Waals surface area contributed by atoms with Crippen molar-refractivity contribution in [3.8, 4) is 0 Å². The molecule has 2 N–H and O–H groups in total. The molecule has 0 saturated carbocycles. The van der Waals surface area contributed by atoms with E-state index < -0.39 is 17.0 Å². The van der Waals surface area contributed by atoms with E-state index in [1.54, 1.807) is 17.9 Å². The molecule has 8 nitrogen and oxygen atoms in total. The number of nitrogens with one attached hydrogen (secondary N) is 2. The van der Waals surface area contributed by atoms with E-state index in [4.69, 9.17) is 11.6 Å². The van der Waals surface area contributed by atoms with E-state index in [0.717, 1.165) is 0 Å². The molecule has 0 bridgehead atoms. The average Bonchev–Trinajstić information content (AvgIpc) is 2.55. The van der Waals surface area contributed by atoms with Gasteiger partial charge in [0.05, 0.1) is 16.5 Å². The zero-order valence-corrected chi connectivity index (χ0v) is 14.9. The Morgan fingerprint density at radius 1 is 1.36 bits per heavy atom. The molecule has 0 aliphatic carbocycles. The van der Waals surface area contributed by atoms with Crippen LogP contribution in [0.3, 0.4) is 0 Å². The van der Waals surface area contributed by atoms with E-state index in [-0.39, 0.29) is 16.6 Å². The lowest BCUT2D eigenvalue weighted by molar-refractivity contribution is -0.384. The first-order chi connectivity index (χ1) is 11.8. The maximum atomic E-state index is 12.9. The third kappa shape index (κ3) is 3.74. The molecule has 25 heavy (non-hydrogen) atoms.